The number of carbonyl (C=O) groups is 1. The highest BCUT2D eigenvalue weighted by atomic mass is 32.1. The van der Waals surface area contributed by atoms with Crippen LogP contribution in [0, 0.1) is 0 Å². The number of hydrogen-bond donors (Lipinski definition) is 3. The van der Waals surface area contributed by atoms with Crippen LogP contribution in [0.4, 0.5) is 0 Å². The molecule has 0 aliphatic carbocycles. The van der Waals surface area contributed by atoms with Crippen molar-refractivity contribution in [2.24, 2.45) is 0 Å². The molecule has 3 N–H and O–H groups in total. The largest absolute Gasteiger partial charge is 0.383 e. The fraction of sp³-hybridized carbons (Fsp3) is 0.778. The van der Waals surface area contributed by atoms with Gasteiger partial charge in [-0.2, -0.15) is 0 Å². The first-order valence-electron chi connectivity index (χ1n) is 4.94. The van der Waals surface area contributed by atoms with E-state index in [1.807, 2.05) is 6.92 Å². The normalized spacial score (nSPS) is 22.0. The van der Waals surface area contributed by atoms with Gasteiger partial charge in [-0.3, -0.25) is 4.79 Å². The maximum atomic E-state index is 10.9. The van der Waals surface area contributed by atoms with E-state index in [-0.39, 0.29) is 18.0 Å². The van der Waals surface area contributed by atoms with Gasteiger partial charge in [0, 0.05) is 26.1 Å². The van der Waals surface area contributed by atoms with Gasteiger partial charge in [0.1, 0.15) is 0 Å². The number of rotatable bonds is 4. The number of amides is 1. The van der Waals surface area contributed by atoms with Crippen LogP contribution in [0.5, 0.6) is 0 Å². The Morgan fingerprint density at radius 1 is 1.80 bits per heavy atom. The number of ether oxygens (including phenoxy) is 1. The van der Waals surface area contributed by atoms with Gasteiger partial charge >= 0.3 is 0 Å². The lowest BCUT2D eigenvalue weighted by Gasteiger charge is -2.18. The van der Waals surface area contributed by atoms with Gasteiger partial charge in [0.2, 0.25) is 5.91 Å². The number of hydrogen-bond acceptors (Lipinski definition) is 3. The molecule has 2 atom stereocenters. The minimum atomic E-state index is 0.0697. The molecule has 0 aromatic rings. The van der Waals surface area contributed by atoms with Crippen LogP contribution in [-0.2, 0) is 9.53 Å². The lowest BCUT2D eigenvalue weighted by atomic mass is 10.2. The second-order valence-electron chi connectivity index (χ2n) is 3.68. The summed E-state index contributed by atoms with van der Waals surface area (Å²) >= 11 is 5.10. The SMILES string of the molecule is COCC(C)NC(=S)NC1CNC(=O)C1. The van der Waals surface area contributed by atoms with Crippen molar-refractivity contribution in [3.8, 4) is 0 Å². The van der Waals surface area contributed by atoms with Gasteiger partial charge in [-0.05, 0) is 19.1 Å². The molecule has 1 aliphatic rings. The Kier molecular flexibility index (Phi) is 4.77. The van der Waals surface area contributed by atoms with E-state index in [9.17, 15) is 4.79 Å². The second kappa shape index (κ2) is 5.87. The van der Waals surface area contributed by atoms with Gasteiger partial charge < -0.3 is 20.7 Å². The molecule has 0 spiro atoms. The van der Waals surface area contributed by atoms with Crippen LogP contribution in [0.1, 0.15) is 13.3 Å². The Hall–Kier alpha value is -0.880. The van der Waals surface area contributed by atoms with E-state index < -0.39 is 0 Å². The Balaban J connectivity index is 2.21. The van der Waals surface area contributed by atoms with Crippen LogP contribution in [0.2, 0.25) is 0 Å². The maximum absolute atomic E-state index is 10.9. The molecule has 1 saturated heterocycles. The third-order valence-electron chi connectivity index (χ3n) is 2.11. The number of methoxy groups -OCH3 is 1. The zero-order valence-electron chi connectivity index (χ0n) is 9.00. The number of nitrogens with one attached hydrogen (secondary N) is 3. The summed E-state index contributed by atoms with van der Waals surface area (Å²) in [5, 5.41) is 9.47. The summed E-state index contributed by atoms with van der Waals surface area (Å²) < 4.78 is 4.98. The lowest BCUT2D eigenvalue weighted by molar-refractivity contribution is -0.119. The Morgan fingerprint density at radius 3 is 3.07 bits per heavy atom. The topological polar surface area (TPSA) is 62.4 Å². The predicted molar refractivity (Wildman–Crippen MR) is 61.6 cm³/mol. The highest BCUT2D eigenvalue weighted by Crippen LogP contribution is 1.98. The summed E-state index contributed by atoms with van der Waals surface area (Å²) in [6.45, 7) is 3.22. The van der Waals surface area contributed by atoms with Gasteiger partial charge in [-0.25, -0.2) is 0 Å². The molecule has 0 bridgehead atoms. The zero-order chi connectivity index (χ0) is 11.3. The first-order chi connectivity index (χ1) is 7.11. The van der Waals surface area contributed by atoms with Crippen molar-refractivity contribution in [1.29, 1.82) is 0 Å². The van der Waals surface area contributed by atoms with Gasteiger partial charge in [0.15, 0.2) is 5.11 Å². The fourth-order valence-corrected chi connectivity index (χ4v) is 1.82. The number of carbonyl (C=O) groups excluding carboxylic acids is 1. The summed E-state index contributed by atoms with van der Waals surface area (Å²) in [5.74, 6) is 0.0697. The van der Waals surface area contributed by atoms with Crippen LogP contribution in [0.25, 0.3) is 0 Å². The summed E-state index contributed by atoms with van der Waals surface area (Å²) in [4.78, 5) is 10.9. The van der Waals surface area contributed by atoms with E-state index in [2.05, 4.69) is 16.0 Å². The van der Waals surface area contributed by atoms with Gasteiger partial charge in [0.05, 0.1) is 12.6 Å². The Morgan fingerprint density at radius 2 is 2.53 bits per heavy atom. The third-order valence-corrected chi connectivity index (χ3v) is 2.34. The first-order valence-corrected chi connectivity index (χ1v) is 5.35. The smallest absolute Gasteiger partial charge is 0.222 e. The molecule has 86 valence electrons. The molecule has 1 aliphatic heterocycles. The van der Waals surface area contributed by atoms with E-state index in [1.54, 1.807) is 7.11 Å². The highest BCUT2D eigenvalue weighted by molar-refractivity contribution is 7.80. The molecule has 0 radical (unpaired) electrons. The zero-order valence-corrected chi connectivity index (χ0v) is 9.82. The minimum absolute atomic E-state index is 0.0697. The molecule has 1 heterocycles. The Bertz CT molecular complexity index is 248. The van der Waals surface area contributed by atoms with Crippen LogP contribution in [0.15, 0.2) is 0 Å². The molecule has 1 fully saturated rings. The first kappa shape index (κ1) is 12.2. The summed E-state index contributed by atoms with van der Waals surface area (Å²) in [5.41, 5.74) is 0. The standard InChI is InChI=1S/C9H17N3O2S/c1-6(5-14-2)11-9(15)12-7-3-8(13)10-4-7/h6-7H,3-5H2,1-2H3,(H,10,13)(H2,11,12,15). The monoisotopic (exact) mass is 231 g/mol. The average molecular weight is 231 g/mol. The molecule has 0 aromatic carbocycles. The fourth-order valence-electron chi connectivity index (χ4n) is 1.45. The van der Waals surface area contributed by atoms with Crippen molar-refractivity contribution < 1.29 is 9.53 Å². The van der Waals surface area contributed by atoms with Crippen LogP contribution in [-0.4, -0.2) is 43.4 Å². The maximum Gasteiger partial charge on any atom is 0.222 e. The molecule has 2 unspecified atom stereocenters. The molecule has 1 amide bonds. The van der Waals surface area contributed by atoms with Crippen molar-refractivity contribution in [3.05, 3.63) is 0 Å². The summed E-state index contributed by atoms with van der Waals surface area (Å²) in [6.07, 6.45) is 0.487. The van der Waals surface area contributed by atoms with Crippen LogP contribution in [0.3, 0.4) is 0 Å². The molecule has 6 heteroatoms. The van der Waals surface area contributed by atoms with Gasteiger partial charge in [-0.1, -0.05) is 0 Å². The molecule has 15 heavy (non-hydrogen) atoms. The Labute approximate surface area is 94.9 Å². The quantitative estimate of drug-likeness (QED) is 0.563. The molecular formula is C9H17N3O2S. The molecule has 0 aromatic heterocycles. The summed E-state index contributed by atoms with van der Waals surface area (Å²) in [6, 6.07) is 0.271. The second-order valence-corrected chi connectivity index (χ2v) is 4.09. The van der Waals surface area contributed by atoms with E-state index in [1.165, 1.54) is 0 Å². The number of thiocarbonyl (C=S) groups is 1. The lowest BCUT2D eigenvalue weighted by Crippen LogP contribution is -2.47. The molecular weight excluding hydrogens is 214 g/mol. The third kappa shape index (κ3) is 4.44. The van der Waals surface area contributed by atoms with Crippen molar-refractivity contribution in [2.45, 2.75) is 25.4 Å². The molecule has 1 rings (SSSR count). The van der Waals surface area contributed by atoms with Crippen molar-refractivity contribution >= 4 is 23.2 Å². The van der Waals surface area contributed by atoms with E-state index in [4.69, 9.17) is 17.0 Å². The van der Waals surface area contributed by atoms with Crippen molar-refractivity contribution in [1.82, 2.24) is 16.0 Å². The van der Waals surface area contributed by atoms with E-state index in [0.717, 1.165) is 0 Å². The van der Waals surface area contributed by atoms with Crippen molar-refractivity contribution in [3.63, 3.8) is 0 Å². The molecule has 0 saturated carbocycles. The highest BCUT2D eigenvalue weighted by Gasteiger charge is 2.21. The predicted octanol–water partition coefficient (Wildman–Crippen LogP) is -0.626. The molecule has 5 nitrogen and oxygen atoms in total. The van der Waals surface area contributed by atoms with Gasteiger partial charge in [0.25, 0.3) is 0 Å². The van der Waals surface area contributed by atoms with E-state index in [0.29, 0.717) is 24.7 Å². The van der Waals surface area contributed by atoms with Crippen LogP contribution < -0.4 is 16.0 Å². The average Bonchev–Trinajstić information content (AvgIpc) is 2.51. The van der Waals surface area contributed by atoms with Crippen LogP contribution >= 0.6 is 12.2 Å². The summed E-state index contributed by atoms with van der Waals surface area (Å²) in [7, 11) is 1.65. The minimum Gasteiger partial charge on any atom is -0.383 e. The van der Waals surface area contributed by atoms with Crippen molar-refractivity contribution in [2.75, 3.05) is 20.3 Å². The van der Waals surface area contributed by atoms with Gasteiger partial charge in [-0.15, -0.1) is 0 Å². The van der Waals surface area contributed by atoms with E-state index >= 15 is 0 Å².